The second kappa shape index (κ2) is 7.99. The predicted molar refractivity (Wildman–Crippen MR) is 91.2 cm³/mol. The molecule has 0 radical (unpaired) electrons. The molecule has 0 aliphatic heterocycles. The van der Waals surface area contributed by atoms with Crippen LogP contribution in [0.4, 0.5) is 5.69 Å². The van der Waals surface area contributed by atoms with Crippen molar-refractivity contribution in [2.45, 2.75) is 13.5 Å². The van der Waals surface area contributed by atoms with Gasteiger partial charge in [-0.05, 0) is 32.2 Å². The third-order valence-corrected chi connectivity index (χ3v) is 3.69. The molecule has 1 amide bonds. The van der Waals surface area contributed by atoms with E-state index in [1.165, 1.54) is 7.11 Å². The number of furan rings is 1. The minimum absolute atomic E-state index is 0.151. The number of likely N-dealkylation sites (N-methyl/N-ethyl adjacent to an activating group) is 1. The summed E-state index contributed by atoms with van der Waals surface area (Å²) in [5.41, 5.74) is 0.959. The van der Waals surface area contributed by atoms with Crippen LogP contribution in [0.15, 0.2) is 34.7 Å². The van der Waals surface area contributed by atoms with Crippen LogP contribution in [0.2, 0.25) is 5.02 Å². The lowest BCUT2D eigenvalue weighted by atomic mass is 10.2. The molecule has 2 rings (SSSR count). The highest BCUT2D eigenvalue weighted by molar-refractivity contribution is 6.33. The van der Waals surface area contributed by atoms with E-state index in [1.54, 1.807) is 49.2 Å². The zero-order chi connectivity index (χ0) is 17.7. The molecule has 0 unspecified atom stereocenters. The number of hydrogen-bond donors (Lipinski definition) is 1. The molecule has 0 saturated carbocycles. The quantitative estimate of drug-likeness (QED) is 0.810. The molecular weight excluding hydrogens is 332 g/mol. The highest BCUT2D eigenvalue weighted by atomic mass is 35.5. The Morgan fingerprint density at radius 2 is 2.04 bits per heavy atom. The maximum absolute atomic E-state index is 12.1. The summed E-state index contributed by atoms with van der Waals surface area (Å²) in [7, 11) is 3.10. The van der Waals surface area contributed by atoms with Gasteiger partial charge in [0.15, 0.2) is 0 Å². The largest absolute Gasteiger partial charge is 0.465 e. The number of nitrogens with one attached hydrogen (secondary N) is 1. The first-order valence-corrected chi connectivity index (χ1v) is 7.69. The van der Waals surface area contributed by atoms with Gasteiger partial charge in [0.2, 0.25) is 5.91 Å². The van der Waals surface area contributed by atoms with Gasteiger partial charge in [0, 0.05) is 0 Å². The van der Waals surface area contributed by atoms with Crippen LogP contribution in [-0.4, -0.2) is 37.5 Å². The van der Waals surface area contributed by atoms with Crippen molar-refractivity contribution in [3.05, 3.63) is 52.4 Å². The van der Waals surface area contributed by atoms with Crippen LogP contribution < -0.4 is 5.32 Å². The minimum Gasteiger partial charge on any atom is -0.465 e. The maximum atomic E-state index is 12.1. The lowest BCUT2D eigenvalue weighted by molar-refractivity contribution is -0.117. The molecule has 24 heavy (non-hydrogen) atoms. The molecule has 1 N–H and O–H groups in total. The maximum Gasteiger partial charge on any atom is 0.341 e. The SMILES string of the molecule is COC(=O)c1cc(CN(C)CC(=O)Nc2ccccc2Cl)oc1C. The summed E-state index contributed by atoms with van der Waals surface area (Å²) in [5, 5.41) is 3.24. The molecule has 1 heterocycles. The summed E-state index contributed by atoms with van der Waals surface area (Å²) < 4.78 is 10.2. The standard InChI is InChI=1S/C17H19ClN2O4/c1-11-13(17(22)23-3)8-12(24-11)9-20(2)10-16(21)19-15-7-5-4-6-14(15)18/h4-8H,9-10H2,1-3H3,(H,19,21). The Balaban J connectivity index is 1.93. The van der Waals surface area contributed by atoms with Crippen LogP contribution in [0.1, 0.15) is 21.9 Å². The summed E-state index contributed by atoms with van der Waals surface area (Å²) in [6.45, 7) is 2.23. The Kier molecular flexibility index (Phi) is 6.00. The lowest BCUT2D eigenvalue weighted by Gasteiger charge is -2.15. The molecule has 0 bridgehead atoms. The molecule has 0 saturated heterocycles. The molecule has 0 spiro atoms. The average molecular weight is 351 g/mol. The fourth-order valence-corrected chi connectivity index (χ4v) is 2.44. The van der Waals surface area contributed by atoms with Crippen molar-refractivity contribution in [1.29, 1.82) is 0 Å². The molecule has 1 aromatic heterocycles. The van der Waals surface area contributed by atoms with Gasteiger partial charge in [-0.2, -0.15) is 0 Å². The highest BCUT2D eigenvalue weighted by Gasteiger charge is 2.17. The first-order valence-electron chi connectivity index (χ1n) is 7.31. The molecule has 1 aromatic carbocycles. The normalized spacial score (nSPS) is 10.7. The molecule has 0 fully saturated rings. The number of carbonyl (C=O) groups excluding carboxylic acids is 2. The van der Waals surface area contributed by atoms with E-state index in [9.17, 15) is 9.59 Å². The summed E-state index contributed by atoms with van der Waals surface area (Å²) in [5.74, 6) is 0.440. The number of aryl methyl sites for hydroxylation is 1. The van der Waals surface area contributed by atoms with E-state index in [2.05, 4.69) is 10.1 Å². The van der Waals surface area contributed by atoms with Gasteiger partial charge in [0.25, 0.3) is 0 Å². The number of nitrogens with zero attached hydrogens (tertiary/aromatic N) is 1. The Morgan fingerprint density at radius 3 is 2.71 bits per heavy atom. The third-order valence-electron chi connectivity index (χ3n) is 3.36. The molecule has 0 aliphatic carbocycles. The number of para-hydroxylation sites is 1. The number of ether oxygens (including phenoxy) is 1. The van der Waals surface area contributed by atoms with Crippen molar-refractivity contribution in [2.75, 3.05) is 26.0 Å². The van der Waals surface area contributed by atoms with E-state index < -0.39 is 5.97 Å². The van der Waals surface area contributed by atoms with Crippen molar-refractivity contribution < 1.29 is 18.7 Å². The van der Waals surface area contributed by atoms with Gasteiger partial charge in [-0.1, -0.05) is 23.7 Å². The fraction of sp³-hybridized carbons (Fsp3) is 0.294. The minimum atomic E-state index is -0.443. The average Bonchev–Trinajstić information content (AvgIpc) is 2.89. The Hall–Kier alpha value is -2.31. The summed E-state index contributed by atoms with van der Waals surface area (Å²) >= 11 is 6.01. The number of hydrogen-bond acceptors (Lipinski definition) is 5. The predicted octanol–water partition coefficient (Wildman–Crippen LogP) is 3.10. The second-order valence-electron chi connectivity index (χ2n) is 5.37. The van der Waals surface area contributed by atoms with Crippen LogP contribution in [-0.2, 0) is 16.1 Å². The van der Waals surface area contributed by atoms with Crippen LogP contribution >= 0.6 is 11.6 Å². The smallest absolute Gasteiger partial charge is 0.341 e. The number of methoxy groups -OCH3 is 1. The van der Waals surface area contributed by atoms with Gasteiger partial charge < -0.3 is 14.5 Å². The van der Waals surface area contributed by atoms with Crippen molar-refractivity contribution in [1.82, 2.24) is 4.90 Å². The van der Waals surface area contributed by atoms with E-state index >= 15 is 0 Å². The van der Waals surface area contributed by atoms with Gasteiger partial charge in [-0.3, -0.25) is 9.69 Å². The number of carbonyl (C=O) groups is 2. The third kappa shape index (κ3) is 4.59. The van der Waals surface area contributed by atoms with Crippen molar-refractivity contribution >= 4 is 29.2 Å². The van der Waals surface area contributed by atoms with Gasteiger partial charge in [-0.15, -0.1) is 0 Å². The summed E-state index contributed by atoms with van der Waals surface area (Å²) in [4.78, 5) is 25.4. The van der Waals surface area contributed by atoms with Crippen LogP contribution in [0.25, 0.3) is 0 Å². The van der Waals surface area contributed by atoms with Gasteiger partial charge in [-0.25, -0.2) is 4.79 Å². The fourth-order valence-electron chi connectivity index (χ4n) is 2.25. The number of rotatable bonds is 6. The number of halogens is 1. The topological polar surface area (TPSA) is 71.8 Å². The molecule has 2 aromatic rings. The first-order chi connectivity index (χ1) is 11.4. The molecule has 7 heteroatoms. The van der Waals surface area contributed by atoms with E-state index in [1.807, 2.05) is 0 Å². The molecule has 6 nitrogen and oxygen atoms in total. The molecular formula is C17H19ClN2O4. The van der Waals surface area contributed by atoms with Crippen molar-refractivity contribution in [2.24, 2.45) is 0 Å². The number of benzene rings is 1. The van der Waals surface area contributed by atoms with Crippen molar-refractivity contribution in [3.63, 3.8) is 0 Å². The van der Waals surface area contributed by atoms with Gasteiger partial charge >= 0.3 is 5.97 Å². The zero-order valence-corrected chi connectivity index (χ0v) is 14.5. The monoisotopic (exact) mass is 350 g/mol. The van der Waals surface area contributed by atoms with E-state index in [-0.39, 0.29) is 12.5 Å². The number of anilines is 1. The highest BCUT2D eigenvalue weighted by Crippen LogP contribution is 2.20. The molecule has 0 atom stereocenters. The lowest BCUT2D eigenvalue weighted by Crippen LogP contribution is -2.29. The second-order valence-corrected chi connectivity index (χ2v) is 5.78. The van der Waals surface area contributed by atoms with E-state index in [0.717, 1.165) is 0 Å². The van der Waals surface area contributed by atoms with E-state index in [4.69, 9.17) is 16.0 Å². The zero-order valence-electron chi connectivity index (χ0n) is 13.8. The summed E-state index contributed by atoms with van der Waals surface area (Å²) in [6.07, 6.45) is 0. The van der Waals surface area contributed by atoms with Gasteiger partial charge in [0.1, 0.15) is 17.1 Å². The number of amides is 1. The molecule has 128 valence electrons. The van der Waals surface area contributed by atoms with Gasteiger partial charge in [0.05, 0.1) is 30.9 Å². The Morgan fingerprint density at radius 1 is 1.33 bits per heavy atom. The Bertz CT molecular complexity index is 742. The van der Waals surface area contributed by atoms with Crippen molar-refractivity contribution in [3.8, 4) is 0 Å². The summed E-state index contributed by atoms with van der Waals surface area (Å²) in [6, 6.07) is 8.66. The van der Waals surface area contributed by atoms with E-state index in [0.29, 0.717) is 34.3 Å². The van der Waals surface area contributed by atoms with Crippen LogP contribution in [0.5, 0.6) is 0 Å². The molecule has 0 aliphatic rings. The Labute approximate surface area is 145 Å². The first kappa shape index (κ1) is 18.0. The number of esters is 1. The van der Waals surface area contributed by atoms with Crippen LogP contribution in [0.3, 0.4) is 0 Å². The van der Waals surface area contributed by atoms with Crippen LogP contribution in [0, 0.1) is 6.92 Å².